The molecule has 0 bridgehead atoms. The van der Waals surface area contributed by atoms with Crippen molar-refractivity contribution in [1.82, 2.24) is 0 Å². The zero-order chi connectivity index (χ0) is 20.2. The molecule has 0 aliphatic rings. The van der Waals surface area contributed by atoms with Gasteiger partial charge in [-0.25, -0.2) is 0 Å². The summed E-state index contributed by atoms with van der Waals surface area (Å²) in [6.45, 7) is 12.2. The second kappa shape index (κ2) is 8.11. The number of carboxylic acids is 1. The van der Waals surface area contributed by atoms with Crippen LogP contribution in [0.15, 0.2) is 24.3 Å². The molecular weight excluding hydrogens is 332 g/mol. The predicted octanol–water partition coefficient (Wildman–Crippen LogP) is 4.43. The number of ether oxygens (including phenoxy) is 2. The Hall–Kier alpha value is -2.04. The quantitative estimate of drug-likeness (QED) is 0.656. The van der Waals surface area contributed by atoms with Crippen molar-refractivity contribution in [3.8, 4) is 5.75 Å². The second-order valence-corrected chi connectivity index (χ2v) is 9.00. The van der Waals surface area contributed by atoms with E-state index in [0.717, 1.165) is 12.0 Å². The zero-order valence-corrected chi connectivity index (χ0v) is 17.0. The van der Waals surface area contributed by atoms with Crippen LogP contribution in [0, 0.1) is 10.8 Å². The molecule has 0 aliphatic heterocycles. The van der Waals surface area contributed by atoms with Gasteiger partial charge in [0.05, 0.1) is 25.6 Å². The summed E-state index contributed by atoms with van der Waals surface area (Å²) in [4.78, 5) is 22.9. The van der Waals surface area contributed by atoms with Crippen LogP contribution in [0.2, 0.25) is 0 Å². The first-order valence-electron chi connectivity index (χ1n) is 8.83. The van der Waals surface area contributed by atoms with Gasteiger partial charge in [-0.3, -0.25) is 9.59 Å². The average molecular weight is 364 g/mol. The van der Waals surface area contributed by atoms with Crippen molar-refractivity contribution in [2.24, 2.45) is 10.8 Å². The van der Waals surface area contributed by atoms with Crippen molar-refractivity contribution >= 4 is 11.9 Å². The second-order valence-electron chi connectivity index (χ2n) is 9.00. The molecule has 1 N–H and O–H groups in total. The number of aliphatic carboxylic acids is 1. The van der Waals surface area contributed by atoms with Gasteiger partial charge in [0.25, 0.3) is 0 Å². The van der Waals surface area contributed by atoms with Crippen LogP contribution in [0.3, 0.4) is 0 Å². The van der Waals surface area contributed by atoms with Crippen LogP contribution in [-0.2, 0) is 19.7 Å². The highest BCUT2D eigenvalue weighted by Gasteiger charge is 2.32. The minimum absolute atomic E-state index is 0.128. The predicted molar refractivity (Wildman–Crippen MR) is 101 cm³/mol. The van der Waals surface area contributed by atoms with Crippen LogP contribution in [0.25, 0.3) is 0 Å². The number of benzene rings is 1. The lowest BCUT2D eigenvalue weighted by atomic mass is 9.74. The molecule has 0 aliphatic carbocycles. The maximum Gasteiger partial charge on any atom is 0.313 e. The largest absolute Gasteiger partial charge is 0.493 e. The maximum atomic E-state index is 11.6. The number of carbonyl (C=O) groups is 2. The Bertz CT molecular complexity index is 626. The molecule has 1 rings (SSSR count). The lowest BCUT2D eigenvalue weighted by Gasteiger charge is -2.34. The van der Waals surface area contributed by atoms with E-state index < -0.39 is 11.4 Å². The minimum atomic E-state index is -0.935. The van der Waals surface area contributed by atoms with E-state index in [1.807, 2.05) is 0 Å². The molecule has 5 heteroatoms. The van der Waals surface area contributed by atoms with E-state index in [1.165, 1.54) is 7.11 Å². The Morgan fingerprint density at radius 2 is 1.50 bits per heavy atom. The molecule has 5 nitrogen and oxygen atoms in total. The first-order chi connectivity index (χ1) is 11.8. The number of esters is 1. The number of hydrogen-bond donors (Lipinski definition) is 1. The summed E-state index contributed by atoms with van der Waals surface area (Å²) in [5.74, 6) is -0.364. The van der Waals surface area contributed by atoms with E-state index in [-0.39, 0.29) is 16.8 Å². The molecular formula is C21H32O5. The molecule has 0 saturated carbocycles. The number of rotatable bonds is 9. The third-order valence-electron chi connectivity index (χ3n) is 4.55. The summed E-state index contributed by atoms with van der Waals surface area (Å²) in [5, 5.41) is 9.30. The Labute approximate surface area is 156 Å². The third-order valence-corrected chi connectivity index (χ3v) is 4.55. The summed E-state index contributed by atoms with van der Waals surface area (Å²) in [5.41, 5.74) is -0.516. The highest BCUT2D eigenvalue weighted by Crippen LogP contribution is 2.37. The summed E-state index contributed by atoms with van der Waals surface area (Å²) in [6, 6.07) is 7.18. The van der Waals surface area contributed by atoms with E-state index in [1.54, 1.807) is 38.1 Å². The standard InChI is InChI=1S/C21H32O5/c1-19(2,12-17(22)25-7)13-20(3,4)14-26-16-10-8-15(9-11-16)21(5,6)18(23)24/h8-11H,12-14H2,1-7H3,(H,23,24). The van der Waals surface area contributed by atoms with Gasteiger partial charge in [-0.1, -0.05) is 39.8 Å². The van der Waals surface area contributed by atoms with Gasteiger partial charge < -0.3 is 14.6 Å². The van der Waals surface area contributed by atoms with Gasteiger partial charge in [-0.15, -0.1) is 0 Å². The summed E-state index contributed by atoms with van der Waals surface area (Å²) >= 11 is 0. The lowest BCUT2D eigenvalue weighted by molar-refractivity contribution is -0.144. The van der Waals surface area contributed by atoms with Gasteiger partial charge in [-0.2, -0.15) is 0 Å². The molecule has 0 aromatic heterocycles. The van der Waals surface area contributed by atoms with E-state index in [9.17, 15) is 14.7 Å². The molecule has 0 heterocycles. The maximum absolute atomic E-state index is 11.6. The topological polar surface area (TPSA) is 72.8 Å². The Morgan fingerprint density at radius 1 is 0.962 bits per heavy atom. The van der Waals surface area contributed by atoms with Crippen molar-refractivity contribution < 1.29 is 24.2 Å². The van der Waals surface area contributed by atoms with Gasteiger partial charge >= 0.3 is 11.9 Å². The van der Waals surface area contributed by atoms with Crippen molar-refractivity contribution in [3.05, 3.63) is 29.8 Å². The fraction of sp³-hybridized carbons (Fsp3) is 0.619. The molecule has 0 saturated heterocycles. The van der Waals surface area contributed by atoms with Crippen LogP contribution in [0.4, 0.5) is 0 Å². The molecule has 0 unspecified atom stereocenters. The molecule has 26 heavy (non-hydrogen) atoms. The molecule has 0 spiro atoms. The summed E-state index contributed by atoms with van der Waals surface area (Å²) < 4.78 is 10.7. The van der Waals surface area contributed by atoms with Crippen LogP contribution >= 0.6 is 0 Å². The van der Waals surface area contributed by atoms with Crippen molar-refractivity contribution in [2.75, 3.05) is 13.7 Å². The van der Waals surface area contributed by atoms with Crippen LogP contribution in [-0.4, -0.2) is 30.8 Å². The number of carboxylic acid groups (broad SMARTS) is 1. The van der Waals surface area contributed by atoms with Gasteiger partial charge in [-0.05, 0) is 48.8 Å². The number of methoxy groups -OCH3 is 1. The van der Waals surface area contributed by atoms with E-state index >= 15 is 0 Å². The molecule has 146 valence electrons. The highest BCUT2D eigenvalue weighted by atomic mass is 16.5. The molecule has 0 amide bonds. The first kappa shape index (κ1) is 22.0. The van der Waals surface area contributed by atoms with Crippen molar-refractivity contribution in [2.45, 2.75) is 59.8 Å². The molecule has 0 radical (unpaired) electrons. The molecule has 1 aromatic carbocycles. The first-order valence-corrected chi connectivity index (χ1v) is 8.83. The average Bonchev–Trinajstić information content (AvgIpc) is 2.51. The monoisotopic (exact) mass is 364 g/mol. The van der Waals surface area contributed by atoms with E-state index in [0.29, 0.717) is 18.8 Å². The van der Waals surface area contributed by atoms with Crippen LogP contribution < -0.4 is 4.74 Å². The Balaban J connectivity index is 2.70. The fourth-order valence-electron chi connectivity index (χ4n) is 3.24. The molecule has 1 aromatic rings. The van der Waals surface area contributed by atoms with E-state index in [2.05, 4.69) is 27.7 Å². The third kappa shape index (κ3) is 6.36. The summed E-state index contributed by atoms with van der Waals surface area (Å²) in [6.07, 6.45) is 1.17. The lowest BCUT2D eigenvalue weighted by Crippen LogP contribution is -2.30. The smallest absolute Gasteiger partial charge is 0.313 e. The SMILES string of the molecule is COC(=O)CC(C)(C)CC(C)(C)COc1ccc(C(C)(C)C(=O)O)cc1. The normalized spacial score (nSPS) is 12.6. The minimum Gasteiger partial charge on any atom is -0.493 e. The zero-order valence-electron chi connectivity index (χ0n) is 17.0. The number of hydrogen-bond acceptors (Lipinski definition) is 4. The van der Waals surface area contributed by atoms with Crippen molar-refractivity contribution in [3.63, 3.8) is 0 Å². The Kier molecular flexibility index (Phi) is 6.86. The van der Waals surface area contributed by atoms with Crippen LogP contribution in [0.1, 0.15) is 59.9 Å². The van der Waals surface area contributed by atoms with Crippen LogP contribution in [0.5, 0.6) is 5.75 Å². The number of carbonyl (C=O) groups excluding carboxylic acids is 1. The van der Waals surface area contributed by atoms with Crippen molar-refractivity contribution in [1.29, 1.82) is 0 Å². The fourth-order valence-corrected chi connectivity index (χ4v) is 3.24. The van der Waals surface area contributed by atoms with Gasteiger partial charge in [0.15, 0.2) is 0 Å². The molecule has 0 fully saturated rings. The Morgan fingerprint density at radius 3 is 1.96 bits per heavy atom. The molecule has 0 atom stereocenters. The summed E-state index contributed by atoms with van der Waals surface area (Å²) in [7, 11) is 1.40. The van der Waals surface area contributed by atoms with Gasteiger partial charge in [0, 0.05) is 0 Å². The van der Waals surface area contributed by atoms with Gasteiger partial charge in [0.1, 0.15) is 5.75 Å². The van der Waals surface area contributed by atoms with E-state index in [4.69, 9.17) is 9.47 Å². The highest BCUT2D eigenvalue weighted by molar-refractivity contribution is 5.80. The van der Waals surface area contributed by atoms with Gasteiger partial charge in [0.2, 0.25) is 0 Å².